The lowest BCUT2D eigenvalue weighted by Gasteiger charge is -2.36. The molecule has 0 saturated carbocycles. The SMILES string of the molecule is CCOc1ccc(-n2ncc(C(=O)N3CCNCC3c3cccnc3)c2C)nn1.Cl. The van der Waals surface area contributed by atoms with Crippen molar-refractivity contribution in [1.82, 2.24) is 35.2 Å². The van der Waals surface area contributed by atoms with Gasteiger partial charge in [-0.2, -0.15) is 5.10 Å². The number of carbonyl (C=O) groups is 1. The zero-order valence-electron chi connectivity index (χ0n) is 16.9. The van der Waals surface area contributed by atoms with Crippen molar-refractivity contribution in [2.75, 3.05) is 26.2 Å². The van der Waals surface area contributed by atoms with E-state index in [0.717, 1.165) is 17.8 Å². The number of aromatic nitrogens is 5. The van der Waals surface area contributed by atoms with E-state index in [9.17, 15) is 4.79 Å². The fraction of sp³-hybridized carbons (Fsp3) is 0.350. The van der Waals surface area contributed by atoms with E-state index >= 15 is 0 Å². The van der Waals surface area contributed by atoms with Crippen molar-refractivity contribution in [2.24, 2.45) is 0 Å². The van der Waals surface area contributed by atoms with Crippen LogP contribution in [0, 0.1) is 6.92 Å². The molecule has 1 aliphatic rings. The molecule has 1 atom stereocenters. The minimum Gasteiger partial charge on any atom is -0.477 e. The van der Waals surface area contributed by atoms with E-state index in [2.05, 4.69) is 25.6 Å². The van der Waals surface area contributed by atoms with Gasteiger partial charge in [0.15, 0.2) is 5.82 Å². The monoisotopic (exact) mass is 429 g/mol. The number of halogens is 1. The average molecular weight is 430 g/mol. The Morgan fingerprint density at radius 2 is 2.13 bits per heavy atom. The Labute approximate surface area is 180 Å². The molecular weight excluding hydrogens is 406 g/mol. The minimum atomic E-state index is -0.0713. The Kier molecular flexibility index (Phi) is 6.96. The number of nitrogens with one attached hydrogen (secondary N) is 1. The summed E-state index contributed by atoms with van der Waals surface area (Å²) in [6.07, 6.45) is 5.14. The number of pyridine rings is 1. The largest absolute Gasteiger partial charge is 0.477 e. The maximum absolute atomic E-state index is 13.4. The molecule has 1 saturated heterocycles. The van der Waals surface area contributed by atoms with Gasteiger partial charge in [-0.25, -0.2) is 4.68 Å². The Morgan fingerprint density at radius 1 is 1.27 bits per heavy atom. The van der Waals surface area contributed by atoms with Crippen LogP contribution in [0.4, 0.5) is 0 Å². The summed E-state index contributed by atoms with van der Waals surface area (Å²) < 4.78 is 6.95. The summed E-state index contributed by atoms with van der Waals surface area (Å²) in [4.78, 5) is 19.4. The lowest BCUT2D eigenvalue weighted by Crippen LogP contribution is -2.48. The molecule has 1 amide bonds. The molecule has 0 aliphatic carbocycles. The van der Waals surface area contributed by atoms with E-state index in [0.29, 0.717) is 37.0 Å². The van der Waals surface area contributed by atoms with E-state index in [-0.39, 0.29) is 24.4 Å². The van der Waals surface area contributed by atoms with Gasteiger partial charge in [0, 0.05) is 38.1 Å². The molecule has 1 aliphatic heterocycles. The molecule has 1 N–H and O–H groups in total. The summed E-state index contributed by atoms with van der Waals surface area (Å²) in [5.74, 6) is 0.939. The molecule has 0 bridgehead atoms. The standard InChI is InChI=1S/C20H23N7O2.ClH/c1-3-29-19-7-6-18(24-25-19)27-14(2)16(12-23-27)20(28)26-10-9-22-13-17(26)15-5-4-8-21-11-15;/h4-8,11-12,17,22H,3,9-10,13H2,1-2H3;1H. The van der Waals surface area contributed by atoms with Gasteiger partial charge < -0.3 is 15.0 Å². The highest BCUT2D eigenvalue weighted by Crippen LogP contribution is 2.25. The van der Waals surface area contributed by atoms with Crippen molar-refractivity contribution >= 4 is 18.3 Å². The third kappa shape index (κ3) is 4.27. The maximum Gasteiger partial charge on any atom is 0.257 e. The predicted molar refractivity (Wildman–Crippen MR) is 113 cm³/mol. The van der Waals surface area contributed by atoms with Gasteiger partial charge in [-0.05, 0) is 31.5 Å². The number of ether oxygens (including phenoxy) is 1. The lowest BCUT2D eigenvalue weighted by atomic mass is 10.0. The quantitative estimate of drug-likeness (QED) is 0.662. The van der Waals surface area contributed by atoms with Gasteiger partial charge in [0.05, 0.1) is 30.1 Å². The van der Waals surface area contributed by atoms with Crippen molar-refractivity contribution in [1.29, 1.82) is 0 Å². The normalized spacial score (nSPS) is 16.1. The second-order valence-corrected chi connectivity index (χ2v) is 6.72. The van der Waals surface area contributed by atoms with Gasteiger partial charge >= 0.3 is 0 Å². The molecule has 4 rings (SSSR count). The molecule has 3 aromatic rings. The first kappa shape index (κ1) is 21.7. The number of hydrogen-bond acceptors (Lipinski definition) is 7. The van der Waals surface area contributed by atoms with Crippen LogP contribution in [0.1, 0.15) is 34.6 Å². The average Bonchev–Trinajstić information content (AvgIpc) is 3.16. The van der Waals surface area contributed by atoms with Gasteiger partial charge in [0.1, 0.15) is 0 Å². The fourth-order valence-electron chi connectivity index (χ4n) is 3.47. The lowest BCUT2D eigenvalue weighted by molar-refractivity contribution is 0.0633. The van der Waals surface area contributed by atoms with Crippen LogP contribution in [0.2, 0.25) is 0 Å². The van der Waals surface area contributed by atoms with Crippen LogP contribution < -0.4 is 10.1 Å². The predicted octanol–water partition coefficient (Wildman–Crippen LogP) is 1.97. The molecule has 1 unspecified atom stereocenters. The molecule has 158 valence electrons. The van der Waals surface area contributed by atoms with E-state index in [1.165, 1.54) is 0 Å². The highest BCUT2D eigenvalue weighted by atomic mass is 35.5. The summed E-state index contributed by atoms with van der Waals surface area (Å²) in [5.41, 5.74) is 2.28. The number of nitrogens with zero attached hydrogens (tertiary/aromatic N) is 6. The van der Waals surface area contributed by atoms with E-state index in [1.54, 1.807) is 29.2 Å². The van der Waals surface area contributed by atoms with Crippen molar-refractivity contribution in [2.45, 2.75) is 19.9 Å². The van der Waals surface area contributed by atoms with E-state index in [1.807, 2.05) is 37.1 Å². The van der Waals surface area contributed by atoms with Gasteiger partial charge in [0.2, 0.25) is 5.88 Å². The highest BCUT2D eigenvalue weighted by molar-refractivity contribution is 5.95. The zero-order chi connectivity index (χ0) is 20.2. The van der Waals surface area contributed by atoms with Crippen molar-refractivity contribution in [3.8, 4) is 11.7 Å². The summed E-state index contributed by atoms with van der Waals surface area (Å²) in [6.45, 7) is 6.33. The zero-order valence-corrected chi connectivity index (χ0v) is 17.7. The van der Waals surface area contributed by atoms with Gasteiger partial charge in [-0.1, -0.05) is 6.07 Å². The first-order valence-corrected chi connectivity index (χ1v) is 9.62. The third-order valence-electron chi connectivity index (χ3n) is 4.95. The Balaban J connectivity index is 0.00000256. The van der Waals surface area contributed by atoms with Crippen molar-refractivity contribution in [3.63, 3.8) is 0 Å². The minimum absolute atomic E-state index is 0. The molecule has 10 heteroatoms. The summed E-state index contributed by atoms with van der Waals surface area (Å²) in [5, 5.41) is 15.9. The van der Waals surface area contributed by atoms with Crippen LogP contribution in [0.5, 0.6) is 5.88 Å². The fourth-order valence-corrected chi connectivity index (χ4v) is 3.47. The summed E-state index contributed by atoms with van der Waals surface area (Å²) in [6, 6.07) is 7.33. The first-order valence-electron chi connectivity index (χ1n) is 9.62. The second kappa shape index (κ2) is 9.64. The Bertz CT molecular complexity index is 979. The number of amides is 1. The van der Waals surface area contributed by atoms with E-state index < -0.39 is 0 Å². The number of piperazine rings is 1. The molecule has 30 heavy (non-hydrogen) atoms. The van der Waals surface area contributed by atoms with Crippen molar-refractivity contribution in [3.05, 3.63) is 59.7 Å². The Hall–Kier alpha value is -3.04. The molecule has 1 fully saturated rings. The highest BCUT2D eigenvalue weighted by Gasteiger charge is 2.30. The molecule has 4 heterocycles. The van der Waals surface area contributed by atoms with Crippen molar-refractivity contribution < 1.29 is 9.53 Å². The van der Waals surface area contributed by atoms with Crippen LogP contribution in [-0.2, 0) is 0 Å². The molecule has 0 aromatic carbocycles. The number of rotatable bonds is 5. The molecule has 9 nitrogen and oxygen atoms in total. The van der Waals surface area contributed by atoms with Gasteiger partial charge in [-0.3, -0.25) is 9.78 Å². The molecule has 0 spiro atoms. The van der Waals surface area contributed by atoms with Crippen LogP contribution in [0.15, 0.2) is 42.9 Å². The second-order valence-electron chi connectivity index (χ2n) is 6.72. The van der Waals surface area contributed by atoms with Gasteiger partial charge in [-0.15, -0.1) is 22.6 Å². The third-order valence-corrected chi connectivity index (χ3v) is 4.95. The first-order chi connectivity index (χ1) is 14.2. The topological polar surface area (TPSA) is 98.1 Å². The smallest absolute Gasteiger partial charge is 0.257 e. The number of carbonyl (C=O) groups excluding carboxylic acids is 1. The van der Waals surface area contributed by atoms with Crippen LogP contribution in [0.25, 0.3) is 5.82 Å². The van der Waals surface area contributed by atoms with Crippen LogP contribution >= 0.6 is 12.4 Å². The Morgan fingerprint density at radius 3 is 2.83 bits per heavy atom. The molecule has 3 aromatic heterocycles. The molecule has 0 radical (unpaired) electrons. The van der Waals surface area contributed by atoms with Crippen LogP contribution in [-0.4, -0.2) is 62.0 Å². The van der Waals surface area contributed by atoms with E-state index in [4.69, 9.17) is 4.74 Å². The summed E-state index contributed by atoms with van der Waals surface area (Å²) in [7, 11) is 0. The van der Waals surface area contributed by atoms with Gasteiger partial charge in [0.25, 0.3) is 5.91 Å². The summed E-state index contributed by atoms with van der Waals surface area (Å²) >= 11 is 0. The number of hydrogen-bond donors (Lipinski definition) is 1. The molecular formula is C20H24ClN7O2. The van der Waals surface area contributed by atoms with Crippen LogP contribution in [0.3, 0.4) is 0 Å². The maximum atomic E-state index is 13.4.